The summed E-state index contributed by atoms with van der Waals surface area (Å²) in [5, 5.41) is 13.0. The highest BCUT2D eigenvalue weighted by Crippen LogP contribution is 2.32. The Labute approximate surface area is 261 Å². The first-order valence-corrected chi connectivity index (χ1v) is 15.6. The summed E-state index contributed by atoms with van der Waals surface area (Å²) in [5.74, 6) is -1.99. The van der Waals surface area contributed by atoms with Crippen LogP contribution in [-0.2, 0) is 26.0 Å². The molecule has 1 fully saturated rings. The van der Waals surface area contributed by atoms with E-state index in [1.54, 1.807) is 45.2 Å². The van der Waals surface area contributed by atoms with E-state index in [4.69, 9.17) is 0 Å². The second-order valence-electron chi connectivity index (χ2n) is 10.9. The number of aromatic nitrogens is 2. The van der Waals surface area contributed by atoms with Crippen LogP contribution < -0.4 is 19.4 Å². The molecule has 0 radical (unpaired) electrons. The molecule has 1 aliphatic rings. The van der Waals surface area contributed by atoms with Gasteiger partial charge in [-0.3, -0.25) is 9.10 Å². The number of anilines is 4. The van der Waals surface area contributed by atoms with Gasteiger partial charge in [-0.05, 0) is 69.7 Å². The monoisotopic (exact) mass is 641 g/mol. The predicted octanol–water partition coefficient (Wildman–Crippen LogP) is 3.57. The van der Waals surface area contributed by atoms with Crippen LogP contribution in [0.2, 0.25) is 0 Å². The van der Waals surface area contributed by atoms with Crippen LogP contribution in [0, 0.1) is 5.82 Å². The van der Waals surface area contributed by atoms with Gasteiger partial charge in [0.2, 0.25) is 5.95 Å². The van der Waals surface area contributed by atoms with E-state index in [0.717, 1.165) is 33.5 Å². The molecule has 1 saturated heterocycles. The number of carbonyl (C=O) groups excluding carboxylic acids is 2. The lowest BCUT2D eigenvalue weighted by molar-refractivity contribution is -0.137. The summed E-state index contributed by atoms with van der Waals surface area (Å²) in [6.07, 6.45) is 1.24. The summed E-state index contributed by atoms with van der Waals surface area (Å²) in [6, 6.07) is 8.95. The number of nitrogens with zero attached hydrogens (tertiary/aromatic N) is 6. The van der Waals surface area contributed by atoms with Crippen LogP contribution in [0.4, 0.5) is 32.3 Å². The van der Waals surface area contributed by atoms with Crippen molar-refractivity contribution in [3.05, 3.63) is 66.1 Å². The molecule has 0 bridgehead atoms. The topological polar surface area (TPSA) is 156 Å². The summed E-state index contributed by atoms with van der Waals surface area (Å²) < 4.78 is 41.3. The highest BCUT2D eigenvalue weighted by atomic mass is 32.2. The molecule has 4 rings (SSSR count). The van der Waals surface area contributed by atoms with Crippen LogP contribution in [0.3, 0.4) is 0 Å². The third-order valence-corrected chi connectivity index (χ3v) is 9.69. The Balaban J connectivity index is 1.66. The quantitative estimate of drug-likeness (QED) is 0.280. The number of hydrogen-bond donors (Lipinski definition) is 2. The fourth-order valence-electron chi connectivity index (χ4n) is 4.76. The number of carboxylic acid groups (broad SMARTS) is 1. The molecule has 3 amide bonds. The van der Waals surface area contributed by atoms with Gasteiger partial charge in [0.25, 0.3) is 15.9 Å². The molecule has 0 unspecified atom stereocenters. The maximum absolute atomic E-state index is 13.5. The Morgan fingerprint density at radius 1 is 1.07 bits per heavy atom. The number of sulfonamides is 1. The van der Waals surface area contributed by atoms with E-state index in [2.05, 4.69) is 15.3 Å². The van der Waals surface area contributed by atoms with Crippen molar-refractivity contribution >= 4 is 51.1 Å². The highest BCUT2D eigenvalue weighted by Gasteiger charge is 2.49. The van der Waals surface area contributed by atoms with Gasteiger partial charge in [0.15, 0.2) is 5.82 Å². The molecule has 0 saturated carbocycles. The number of likely N-dealkylation sites (N-methyl/N-ethyl adjacent to an activating group) is 1. The van der Waals surface area contributed by atoms with Crippen molar-refractivity contribution in [2.24, 2.45) is 0 Å². The number of nitrogens with one attached hydrogen (secondary N) is 1. The van der Waals surface area contributed by atoms with Gasteiger partial charge in [0.1, 0.15) is 23.1 Å². The molecule has 3 aromatic rings. The normalized spacial score (nSPS) is 15.3. The van der Waals surface area contributed by atoms with Crippen LogP contribution in [0.15, 0.2) is 59.6 Å². The lowest BCUT2D eigenvalue weighted by Crippen LogP contribution is -2.41. The Bertz CT molecular complexity index is 1700. The number of hydrogen-bond acceptors (Lipinski definition) is 9. The fraction of sp³-hybridized carbons (Fsp3) is 0.367. The van der Waals surface area contributed by atoms with E-state index in [9.17, 15) is 32.3 Å². The van der Waals surface area contributed by atoms with E-state index in [-0.39, 0.29) is 34.7 Å². The fourth-order valence-corrected chi connectivity index (χ4v) is 5.95. The molecular formula is C30H36FN7O6S. The van der Waals surface area contributed by atoms with Gasteiger partial charge in [-0.25, -0.2) is 32.3 Å². The summed E-state index contributed by atoms with van der Waals surface area (Å²) in [5.41, 5.74) is -0.114. The largest absolute Gasteiger partial charge is 0.480 e. The zero-order chi connectivity index (χ0) is 33.3. The van der Waals surface area contributed by atoms with E-state index >= 15 is 0 Å². The molecule has 13 nitrogen and oxygen atoms in total. The van der Waals surface area contributed by atoms with E-state index in [1.807, 2.05) is 18.7 Å². The first-order valence-electron chi connectivity index (χ1n) is 14.2. The molecule has 240 valence electrons. The predicted molar refractivity (Wildman–Crippen MR) is 167 cm³/mol. The van der Waals surface area contributed by atoms with Crippen LogP contribution in [0.1, 0.15) is 33.3 Å². The molecular weight excluding hydrogens is 605 g/mol. The third kappa shape index (κ3) is 6.38. The van der Waals surface area contributed by atoms with Crippen molar-refractivity contribution < 1.29 is 32.3 Å². The number of halogens is 1. The minimum Gasteiger partial charge on any atom is -0.480 e. The van der Waals surface area contributed by atoms with Gasteiger partial charge in [-0.2, -0.15) is 4.98 Å². The van der Waals surface area contributed by atoms with Gasteiger partial charge in [-0.15, -0.1) is 0 Å². The molecule has 2 aromatic carbocycles. The number of rotatable bonds is 12. The standard InChI is InChI=1S/C30H36FN7O6S/c1-7-37(8-2)28-32-18-24(36(6)45(43,44)22-15-11-20(31)12-16-22)25(34-28)33-23(26(39)40)17-19-9-13-21(14-10-19)38-27(41)30(3,4)35(5)29(38)42/h9-16,18,23H,7-8,17H2,1-6H3,(H,39,40)(H,32,33,34)/t23-/m0/s1. The maximum atomic E-state index is 13.5. The summed E-state index contributed by atoms with van der Waals surface area (Å²) in [7, 11) is -1.38. The van der Waals surface area contributed by atoms with Crippen LogP contribution in [-0.4, -0.2) is 85.1 Å². The second-order valence-corrected chi connectivity index (χ2v) is 12.9. The first kappa shape index (κ1) is 33.1. The molecule has 0 aliphatic carbocycles. The number of carbonyl (C=O) groups is 3. The van der Waals surface area contributed by atoms with Gasteiger partial charge < -0.3 is 20.2 Å². The van der Waals surface area contributed by atoms with Crippen molar-refractivity contribution in [3.8, 4) is 0 Å². The third-order valence-electron chi connectivity index (χ3n) is 7.90. The molecule has 15 heteroatoms. The van der Waals surface area contributed by atoms with Gasteiger partial charge in [0.05, 0.1) is 16.8 Å². The smallest absolute Gasteiger partial charge is 0.332 e. The Kier molecular flexibility index (Phi) is 9.32. The zero-order valence-corrected chi connectivity index (χ0v) is 26.7. The highest BCUT2D eigenvalue weighted by molar-refractivity contribution is 7.92. The average Bonchev–Trinajstić information content (AvgIpc) is 3.16. The van der Waals surface area contributed by atoms with Crippen molar-refractivity contribution in [2.75, 3.05) is 46.6 Å². The number of aliphatic carboxylic acids is 1. The van der Waals surface area contributed by atoms with Crippen molar-refractivity contribution in [2.45, 2.75) is 50.6 Å². The average molecular weight is 642 g/mol. The molecule has 2 heterocycles. The second kappa shape index (κ2) is 12.7. The van der Waals surface area contributed by atoms with E-state index in [0.29, 0.717) is 24.3 Å². The SMILES string of the molecule is CCN(CC)c1ncc(N(C)S(=O)(=O)c2ccc(F)cc2)c(N[C@@H](Cc2ccc(N3C(=O)N(C)C(C)(C)C3=O)cc2)C(=O)O)n1. The minimum absolute atomic E-state index is 0.0189. The molecule has 0 spiro atoms. The van der Waals surface area contributed by atoms with E-state index < -0.39 is 39.4 Å². The van der Waals surface area contributed by atoms with Gasteiger partial charge in [-0.1, -0.05) is 12.1 Å². The van der Waals surface area contributed by atoms with Crippen LogP contribution in [0.5, 0.6) is 0 Å². The van der Waals surface area contributed by atoms with Gasteiger partial charge in [0, 0.05) is 33.6 Å². The molecule has 45 heavy (non-hydrogen) atoms. The summed E-state index contributed by atoms with van der Waals surface area (Å²) in [4.78, 5) is 51.0. The molecule has 2 N–H and O–H groups in total. The zero-order valence-electron chi connectivity index (χ0n) is 25.9. The van der Waals surface area contributed by atoms with E-state index in [1.165, 1.54) is 18.1 Å². The first-order chi connectivity index (χ1) is 21.1. The minimum atomic E-state index is -4.20. The van der Waals surface area contributed by atoms with Crippen LogP contribution >= 0.6 is 0 Å². The lowest BCUT2D eigenvalue weighted by atomic mass is 10.0. The van der Waals surface area contributed by atoms with Crippen LogP contribution in [0.25, 0.3) is 0 Å². The Morgan fingerprint density at radius 3 is 2.18 bits per heavy atom. The number of amides is 3. The number of imide groups is 1. The summed E-state index contributed by atoms with van der Waals surface area (Å²) in [6.45, 7) is 8.18. The van der Waals surface area contributed by atoms with Crippen molar-refractivity contribution in [1.29, 1.82) is 0 Å². The molecule has 1 aliphatic heterocycles. The maximum Gasteiger partial charge on any atom is 0.332 e. The van der Waals surface area contributed by atoms with Crippen molar-refractivity contribution in [3.63, 3.8) is 0 Å². The number of carboxylic acids is 1. The number of urea groups is 1. The van der Waals surface area contributed by atoms with Crippen molar-refractivity contribution in [1.82, 2.24) is 14.9 Å². The van der Waals surface area contributed by atoms with Gasteiger partial charge >= 0.3 is 12.0 Å². The number of benzene rings is 2. The Hall–Kier alpha value is -4.79. The lowest BCUT2D eigenvalue weighted by Gasteiger charge is -2.26. The molecule has 1 atom stereocenters. The Morgan fingerprint density at radius 2 is 1.67 bits per heavy atom. The molecule has 1 aromatic heterocycles. The summed E-state index contributed by atoms with van der Waals surface area (Å²) >= 11 is 0.